The molecule has 10 nitrogen and oxygen atoms in total. The van der Waals surface area contributed by atoms with Gasteiger partial charge in [-0.2, -0.15) is 9.61 Å². The molecule has 0 spiro atoms. The summed E-state index contributed by atoms with van der Waals surface area (Å²) in [6.07, 6.45) is 5.51. The van der Waals surface area contributed by atoms with E-state index in [1.165, 1.54) is 17.0 Å². The highest BCUT2D eigenvalue weighted by Gasteiger charge is 2.33. The number of likely N-dealkylation sites (tertiary alicyclic amines) is 1. The van der Waals surface area contributed by atoms with Crippen molar-refractivity contribution in [2.75, 3.05) is 23.3 Å². The molecule has 3 heterocycles. The molecule has 0 bridgehead atoms. The number of carbonyl (C=O) groups is 2. The minimum absolute atomic E-state index is 0.0979. The molecule has 2 aliphatic rings. The van der Waals surface area contributed by atoms with Crippen molar-refractivity contribution in [3.8, 4) is 0 Å². The van der Waals surface area contributed by atoms with Crippen LogP contribution in [0, 0.1) is 5.82 Å². The van der Waals surface area contributed by atoms with Crippen LogP contribution in [0.5, 0.6) is 0 Å². The van der Waals surface area contributed by atoms with E-state index in [9.17, 15) is 14.0 Å². The van der Waals surface area contributed by atoms with Crippen molar-refractivity contribution in [3.05, 3.63) is 47.9 Å². The molecule has 5 rings (SSSR count). The Labute approximate surface area is 246 Å². The van der Waals surface area contributed by atoms with Crippen LogP contribution < -0.4 is 10.2 Å². The number of nitrogens with one attached hydrogen (secondary N) is 1. The van der Waals surface area contributed by atoms with Crippen LogP contribution in [-0.4, -0.2) is 62.0 Å². The van der Waals surface area contributed by atoms with Crippen molar-refractivity contribution in [2.45, 2.75) is 96.8 Å². The number of ether oxygens (including phenoxy) is 2. The van der Waals surface area contributed by atoms with Crippen molar-refractivity contribution < 1.29 is 23.5 Å². The van der Waals surface area contributed by atoms with Crippen molar-refractivity contribution >= 4 is 35.2 Å². The van der Waals surface area contributed by atoms with E-state index in [4.69, 9.17) is 14.5 Å². The molecule has 11 heteroatoms. The number of amides is 2. The van der Waals surface area contributed by atoms with E-state index in [0.717, 1.165) is 37.7 Å². The van der Waals surface area contributed by atoms with Crippen molar-refractivity contribution in [2.24, 2.45) is 0 Å². The van der Waals surface area contributed by atoms with E-state index in [1.807, 2.05) is 20.8 Å². The number of carbonyl (C=O) groups excluding carboxylic acids is 2. The zero-order chi connectivity index (χ0) is 30.2. The second-order valence-electron chi connectivity index (χ2n) is 13.2. The molecule has 226 valence electrons. The number of nitrogens with zero attached hydrogens (tertiary/aromatic N) is 5. The third-order valence-electron chi connectivity index (χ3n) is 7.04. The van der Waals surface area contributed by atoms with Crippen LogP contribution in [0.2, 0.25) is 0 Å². The van der Waals surface area contributed by atoms with Gasteiger partial charge in [0.2, 0.25) is 0 Å². The molecule has 1 saturated carbocycles. The molecule has 2 amide bonds. The summed E-state index contributed by atoms with van der Waals surface area (Å²) in [4.78, 5) is 34.6. The van der Waals surface area contributed by atoms with Gasteiger partial charge in [0, 0.05) is 30.8 Å². The van der Waals surface area contributed by atoms with Gasteiger partial charge in [0.1, 0.15) is 28.7 Å². The Morgan fingerprint density at radius 1 is 1.02 bits per heavy atom. The maximum absolute atomic E-state index is 14.4. The fraction of sp³-hybridized carbons (Fsp3) is 0.548. The molecular formula is C31H41FN6O4. The van der Waals surface area contributed by atoms with E-state index >= 15 is 0 Å². The van der Waals surface area contributed by atoms with Gasteiger partial charge in [-0.3, -0.25) is 0 Å². The highest BCUT2D eigenvalue weighted by Crippen LogP contribution is 2.43. The highest BCUT2D eigenvalue weighted by atomic mass is 19.1. The van der Waals surface area contributed by atoms with Crippen LogP contribution in [0.4, 0.5) is 31.3 Å². The summed E-state index contributed by atoms with van der Waals surface area (Å²) in [6, 6.07) is 7.45. The van der Waals surface area contributed by atoms with Crippen molar-refractivity contribution in [1.29, 1.82) is 0 Å². The number of halogens is 1. The van der Waals surface area contributed by atoms with Gasteiger partial charge in [-0.15, -0.1) is 0 Å². The van der Waals surface area contributed by atoms with Gasteiger partial charge in [0.15, 0.2) is 5.65 Å². The summed E-state index contributed by atoms with van der Waals surface area (Å²) in [7, 11) is 0. The molecule has 3 aromatic rings. The first-order valence-corrected chi connectivity index (χ1v) is 14.7. The fourth-order valence-electron chi connectivity index (χ4n) is 5.09. The van der Waals surface area contributed by atoms with Crippen LogP contribution in [0.1, 0.15) is 85.1 Å². The number of aromatic nitrogens is 3. The Kier molecular flexibility index (Phi) is 8.04. The maximum Gasteiger partial charge on any atom is 0.420 e. The quantitative estimate of drug-likeness (QED) is 0.346. The Morgan fingerprint density at radius 2 is 1.76 bits per heavy atom. The monoisotopic (exact) mass is 580 g/mol. The average molecular weight is 581 g/mol. The van der Waals surface area contributed by atoms with Crippen LogP contribution >= 0.6 is 0 Å². The smallest absolute Gasteiger partial charge is 0.420 e. The summed E-state index contributed by atoms with van der Waals surface area (Å²) in [5, 5.41) is 8.14. The Bertz CT molecular complexity index is 1460. The van der Waals surface area contributed by atoms with Gasteiger partial charge in [-0.05, 0) is 97.8 Å². The van der Waals surface area contributed by atoms with E-state index in [0.29, 0.717) is 42.0 Å². The first-order valence-electron chi connectivity index (χ1n) is 14.7. The van der Waals surface area contributed by atoms with Crippen LogP contribution in [0.15, 0.2) is 36.5 Å². The second kappa shape index (κ2) is 11.4. The third-order valence-corrected chi connectivity index (χ3v) is 7.04. The van der Waals surface area contributed by atoms with Gasteiger partial charge in [0.25, 0.3) is 0 Å². The van der Waals surface area contributed by atoms with E-state index < -0.39 is 23.1 Å². The molecule has 0 unspecified atom stereocenters. The minimum Gasteiger partial charge on any atom is -0.444 e. The SMILES string of the molecule is CC(C)(C)OC(=O)N1CCCC[C@H](Nc2cc(N(C(=O)OC(C)(C)C)c3cccc(F)c3)n3ncc(C4CC4)c3n2)C1. The Hall–Kier alpha value is -3.89. The predicted octanol–water partition coefficient (Wildman–Crippen LogP) is 7.02. The van der Waals surface area contributed by atoms with Gasteiger partial charge < -0.3 is 19.7 Å². The first-order chi connectivity index (χ1) is 19.8. The largest absolute Gasteiger partial charge is 0.444 e. The predicted molar refractivity (Wildman–Crippen MR) is 159 cm³/mol. The molecular weight excluding hydrogens is 539 g/mol. The molecule has 2 fully saturated rings. The van der Waals surface area contributed by atoms with E-state index in [1.54, 1.807) is 54.6 Å². The zero-order valence-electron chi connectivity index (χ0n) is 25.3. The van der Waals surface area contributed by atoms with Crippen LogP contribution in [-0.2, 0) is 9.47 Å². The van der Waals surface area contributed by atoms with E-state index in [-0.39, 0.29) is 12.1 Å². The number of benzene rings is 1. The first kappa shape index (κ1) is 29.6. The third kappa shape index (κ3) is 7.11. The lowest BCUT2D eigenvalue weighted by molar-refractivity contribution is 0.0252. The Balaban J connectivity index is 1.55. The van der Waals surface area contributed by atoms with Gasteiger partial charge >= 0.3 is 12.2 Å². The minimum atomic E-state index is -0.787. The summed E-state index contributed by atoms with van der Waals surface area (Å²) in [5.74, 6) is 0.764. The molecule has 1 aliphatic heterocycles. The number of hydrogen-bond donors (Lipinski definition) is 1. The summed E-state index contributed by atoms with van der Waals surface area (Å²) >= 11 is 0. The van der Waals surface area contributed by atoms with Crippen LogP contribution in [0.3, 0.4) is 0 Å². The summed E-state index contributed by atoms with van der Waals surface area (Å²) < 4.78 is 27.5. The zero-order valence-corrected chi connectivity index (χ0v) is 25.3. The standard InChI is InChI=1S/C31H41FN6O4/c1-30(2,3)41-28(39)36-15-8-7-11-22(19-36)34-25-17-26(38-27(35-25)24(18-33-38)20-13-14-20)37(29(40)42-31(4,5)6)23-12-9-10-21(32)16-23/h9-10,12,16-18,20,22H,7-8,11,13-15,19H2,1-6H3,(H,34,35)/t22-/m0/s1. The number of anilines is 3. The van der Waals surface area contributed by atoms with Crippen LogP contribution in [0.25, 0.3) is 5.65 Å². The molecule has 1 N–H and O–H groups in total. The summed E-state index contributed by atoms with van der Waals surface area (Å²) in [5.41, 5.74) is 0.554. The Morgan fingerprint density at radius 3 is 2.43 bits per heavy atom. The van der Waals surface area contributed by atoms with Gasteiger partial charge in [-0.1, -0.05) is 6.07 Å². The van der Waals surface area contributed by atoms with Gasteiger partial charge in [-0.25, -0.2) is 23.9 Å². The maximum atomic E-state index is 14.4. The fourth-order valence-corrected chi connectivity index (χ4v) is 5.09. The topological polar surface area (TPSA) is 101 Å². The van der Waals surface area contributed by atoms with Gasteiger partial charge in [0.05, 0.1) is 11.9 Å². The molecule has 1 aromatic carbocycles. The lowest BCUT2D eigenvalue weighted by atomic mass is 10.1. The lowest BCUT2D eigenvalue weighted by Crippen LogP contribution is -2.42. The lowest BCUT2D eigenvalue weighted by Gasteiger charge is -2.29. The highest BCUT2D eigenvalue weighted by molar-refractivity contribution is 5.96. The molecule has 0 radical (unpaired) electrons. The number of hydrogen-bond acceptors (Lipinski definition) is 7. The van der Waals surface area contributed by atoms with E-state index in [2.05, 4.69) is 10.4 Å². The normalized spacial score (nSPS) is 18.0. The molecule has 42 heavy (non-hydrogen) atoms. The molecule has 2 aromatic heterocycles. The molecule has 1 saturated heterocycles. The second-order valence-corrected chi connectivity index (χ2v) is 13.2. The van der Waals surface area contributed by atoms with Crippen molar-refractivity contribution in [3.63, 3.8) is 0 Å². The van der Waals surface area contributed by atoms with Crippen molar-refractivity contribution in [1.82, 2.24) is 19.5 Å². The molecule has 1 aliphatic carbocycles. The number of fused-ring (bicyclic) bond motifs is 1. The summed E-state index contributed by atoms with van der Waals surface area (Å²) in [6.45, 7) is 12.0. The molecule has 1 atom stereocenters. The number of rotatable bonds is 5. The average Bonchev–Trinajstić information content (AvgIpc) is 3.66.